The molecule has 0 spiro atoms. The molecule has 0 saturated carbocycles. The van der Waals surface area contributed by atoms with Gasteiger partial charge in [-0.15, -0.1) is 0 Å². The van der Waals surface area contributed by atoms with Crippen molar-refractivity contribution in [3.8, 4) is 0 Å². The Labute approximate surface area is 161 Å². The van der Waals surface area contributed by atoms with E-state index >= 15 is 0 Å². The molecule has 0 bridgehead atoms. The van der Waals surface area contributed by atoms with Crippen molar-refractivity contribution >= 4 is 34.8 Å². The molecular weight excluding hydrogens is 370 g/mol. The van der Waals surface area contributed by atoms with Crippen molar-refractivity contribution in [3.05, 3.63) is 68.2 Å². The van der Waals surface area contributed by atoms with Crippen molar-refractivity contribution in [2.24, 2.45) is 0 Å². The summed E-state index contributed by atoms with van der Waals surface area (Å²) in [5.41, 5.74) is 1.30. The molecule has 1 fully saturated rings. The van der Waals surface area contributed by atoms with Crippen LogP contribution >= 0.6 is 11.6 Å². The summed E-state index contributed by atoms with van der Waals surface area (Å²) < 4.78 is 0. The second-order valence-corrected chi connectivity index (χ2v) is 6.78. The van der Waals surface area contributed by atoms with Gasteiger partial charge in [0.15, 0.2) is 0 Å². The number of aryl methyl sites for hydroxylation is 1. The van der Waals surface area contributed by atoms with Gasteiger partial charge in [0.1, 0.15) is 5.02 Å². The molecule has 2 amide bonds. The first-order chi connectivity index (χ1) is 12.9. The zero-order valence-electron chi connectivity index (χ0n) is 14.7. The summed E-state index contributed by atoms with van der Waals surface area (Å²) in [6.45, 7) is 3.19. The van der Waals surface area contributed by atoms with E-state index in [0.29, 0.717) is 24.3 Å². The number of para-hydroxylation sites is 1. The average molecular weight is 388 g/mol. The maximum absolute atomic E-state index is 12.8. The fourth-order valence-electron chi connectivity index (χ4n) is 3.08. The highest BCUT2D eigenvalue weighted by Gasteiger charge is 2.24. The first kappa shape index (κ1) is 18.8. The third kappa shape index (κ3) is 3.93. The number of carbonyl (C=O) groups is 2. The Morgan fingerprint density at radius 2 is 1.89 bits per heavy atom. The van der Waals surface area contributed by atoms with Crippen LogP contribution < -0.4 is 5.32 Å². The number of amides is 2. The number of nitro benzene ring substituents is 1. The van der Waals surface area contributed by atoms with E-state index in [1.165, 1.54) is 12.1 Å². The summed E-state index contributed by atoms with van der Waals surface area (Å²) in [6, 6.07) is 9.07. The number of likely N-dealkylation sites (tertiary alicyclic amines) is 1. The van der Waals surface area contributed by atoms with Crippen LogP contribution in [0.5, 0.6) is 0 Å². The number of benzene rings is 2. The lowest BCUT2D eigenvalue weighted by atomic mass is 10.1. The summed E-state index contributed by atoms with van der Waals surface area (Å²) in [4.78, 5) is 37.6. The van der Waals surface area contributed by atoms with Crippen molar-refractivity contribution < 1.29 is 14.5 Å². The van der Waals surface area contributed by atoms with Gasteiger partial charge in [-0.2, -0.15) is 0 Å². The van der Waals surface area contributed by atoms with Gasteiger partial charge in [-0.05, 0) is 43.5 Å². The molecule has 1 aliphatic rings. The largest absolute Gasteiger partial charge is 0.339 e. The molecule has 2 aromatic rings. The topological polar surface area (TPSA) is 92.6 Å². The zero-order valence-corrected chi connectivity index (χ0v) is 15.5. The van der Waals surface area contributed by atoms with Gasteiger partial charge in [0.05, 0.1) is 16.2 Å². The second-order valence-electron chi connectivity index (χ2n) is 6.37. The first-order valence-corrected chi connectivity index (χ1v) is 8.90. The number of nitrogens with zero attached hydrogens (tertiary/aromatic N) is 2. The van der Waals surface area contributed by atoms with E-state index in [1.807, 2.05) is 0 Å². The number of nitrogens with one attached hydrogen (secondary N) is 1. The molecule has 7 nitrogen and oxygen atoms in total. The van der Waals surface area contributed by atoms with Gasteiger partial charge in [-0.3, -0.25) is 19.7 Å². The highest BCUT2D eigenvalue weighted by atomic mass is 35.5. The zero-order chi connectivity index (χ0) is 19.6. The van der Waals surface area contributed by atoms with E-state index in [1.54, 1.807) is 30.0 Å². The van der Waals surface area contributed by atoms with Gasteiger partial charge in [0.25, 0.3) is 17.5 Å². The number of anilines is 1. The van der Waals surface area contributed by atoms with E-state index in [2.05, 4.69) is 5.32 Å². The van der Waals surface area contributed by atoms with E-state index in [-0.39, 0.29) is 22.2 Å². The van der Waals surface area contributed by atoms with Crippen LogP contribution in [0.2, 0.25) is 5.02 Å². The SMILES string of the molecule is Cc1cccc(C(=O)N2CCCC2)c1NC(=O)c1ccc(Cl)c([N+](=O)[O-])c1. The van der Waals surface area contributed by atoms with Crippen LogP contribution in [0.4, 0.5) is 11.4 Å². The van der Waals surface area contributed by atoms with Crippen LogP contribution in [-0.2, 0) is 0 Å². The highest BCUT2D eigenvalue weighted by Crippen LogP contribution is 2.27. The quantitative estimate of drug-likeness (QED) is 0.632. The van der Waals surface area contributed by atoms with Crippen LogP contribution in [0.1, 0.15) is 39.1 Å². The third-order valence-electron chi connectivity index (χ3n) is 4.54. The van der Waals surface area contributed by atoms with Crippen LogP contribution in [0.25, 0.3) is 0 Å². The van der Waals surface area contributed by atoms with Gasteiger partial charge in [0.2, 0.25) is 0 Å². The molecule has 1 aliphatic heterocycles. The predicted molar refractivity (Wildman–Crippen MR) is 102 cm³/mol. The minimum atomic E-state index is -0.644. The molecule has 3 rings (SSSR count). The van der Waals surface area contributed by atoms with Crippen LogP contribution in [0, 0.1) is 17.0 Å². The van der Waals surface area contributed by atoms with E-state index in [0.717, 1.165) is 24.5 Å². The summed E-state index contributed by atoms with van der Waals surface area (Å²) in [5.74, 6) is -0.673. The molecule has 140 valence electrons. The maximum atomic E-state index is 12.8. The predicted octanol–water partition coefficient (Wildman–Crippen LogP) is 4.04. The number of carbonyl (C=O) groups excluding carboxylic acids is 2. The molecule has 0 unspecified atom stereocenters. The molecule has 0 radical (unpaired) electrons. The fraction of sp³-hybridized carbons (Fsp3) is 0.263. The average Bonchev–Trinajstić information content (AvgIpc) is 3.17. The number of halogens is 1. The minimum Gasteiger partial charge on any atom is -0.339 e. The van der Waals surface area contributed by atoms with E-state index in [9.17, 15) is 19.7 Å². The van der Waals surface area contributed by atoms with Gasteiger partial charge in [0, 0.05) is 24.7 Å². The second kappa shape index (κ2) is 7.75. The van der Waals surface area contributed by atoms with E-state index < -0.39 is 10.8 Å². The number of hydrogen-bond donors (Lipinski definition) is 1. The van der Waals surface area contributed by atoms with Crippen molar-refractivity contribution in [3.63, 3.8) is 0 Å². The van der Waals surface area contributed by atoms with Crippen molar-refractivity contribution in [1.29, 1.82) is 0 Å². The summed E-state index contributed by atoms with van der Waals surface area (Å²) in [6.07, 6.45) is 1.93. The molecule has 1 N–H and O–H groups in total. The molecule has 0 aliphatic carbocycles. The lowest BCUT2D eigenvalue weighted by molar-refractivity contribution is -0.384. The Morgan fingerprint density at radius 3 is 2.56 bits per heavy atom. The number of rotatable bonds is 4. The molecule has 27 heavy (non-hydrogen) atoms. The minimum absolute atomic E-state index is 0.0441. The molecule has 1 saturated heterocycles. The summed E-state index contributed by atoms with van der Waals surface area (Å²) in [5, 5.41) is 13.7. The standard InChI is InChI=1S/C19H18ClN3O4/c1-12-5-4-6-14(19(25)22-9-2-3-10-22)17(12)21-18(24)13-7-8-15(20)16(11-13)23(26)27/h4-8,11H,2-3,9-10H2,1H3,(H,21,24). The highest BCUT2D eigenvalue weighted by molar-refractivity contribution is 6.32. The molecule has 2 aromatic carbocycles. The monoisotopic (exact) mass is 387 g/mol. The Kier molecular flexibility index (Phi) is 5.41. The van der Waals surface area contributed by atoms with Crippen molar-refractivity contribution in [2.45, 2.75) is 19.8 Å². The van der Waals surface area contributed by atoms with Crippen molar-refractivity contribution in [2.75, 3.05) is 18.4 Å². The van der Waals surface area contributed by atoms with E-state index in [4.69, 9.17) is 11.6 Å². The number of hydrogen-bond acceptors (Lipinski definition) is 4. The molecule has 8 heteroatoms. The Balaban J connectivity index is 1.91. The number of nitro groups is 1. The van der Waals surface area contributed by atoms with Gasteiger partial charge in [-0.25, -0.2) is 0 Å². The first-order valence-electron chi connectivity index (χ1n) is 8.52. The molecule has 0 aromatic heterocycles. The van der Waals surface area contributed by atoms with Crippen molar-refractivity contribution in [1.82, 2.24) is 4.90 Å². The lowest BCUT2D eigenvalue weighted by Crippen LogP contribution is -2.29. The molecule has 0 atom stereocenters. The van der Waals surface area contributed by atoms with Crippen LogP contribution in [-0.4, -0.2) is 34.7 Å². The van der Waals surface area contributed by atoms with Crippen LogP contribution in [0.15, 0.2) is 36.4 Å². The van der Waals surface area contributed by atoms with Crippen LogP contribution in [0.3, 0.4) is 0 Å². The molecule has 1 heterocycles. The Hall–Kier alpha value is -2.93. The van der Waals surface area contributed by atoms with Gasteiger partial charge in [-0.1, -0.05) is 23.7 Å². The Bertz CT molecular complexity index is 923. The normalized spacial score (nSPS) is 13.5. The summed E-state index contributed by atoms with van der Waals surface area (Å²) >= 11 is 5.80. The molecular formula is C19H18ClN3O4. The van der Waals surface area contributed by atoms with Gasteiger partial charge < -0.3 is 10.2 Å². The lowest BCUT2D eigenvalue weighted by Gasteiger charge is -2.19. The fourth-order valence-corrected chi connectivity index (χ4v) is 3.27. The summed E-state index contributed by atoms with van der Waals surface area (Å²) in [7, 11) is 0. The Morgan fingerprint density at radius 1 is 1.19 bits per heavy atom. The smallest absolute Gasteiger partial charge is 0.288 e. The van der Waals surface area contributed by atoms with Gasteiger partial charge >= 0.3 is 0 Å². The third-order valence-corrected chi connectivity index (χ3v) is 4.86. The maximum Gasteiger partial charge on any atom is 0.288 e.